The highest BCUT2D eigenvalue weighted by atomic mass is 32.2. The predicted molar refractivity (Wildman–Crippen MR) is 81.7 cm³/mol. The van der Waals surface area contributed by atoms with Crippen molar-refractivity contribution in [3.8, 4) is 0 Å². The molecule has 0 bridgehead atoms. The van der Waals surface area contributed by atoms with Gasteiger partial charge in [0.15, 0.2) is 5.78 Å². The first-order chi connectivity index (χ1) is 10.9. The molecule has 0 fully saturated rings. The summed E-state index contributed by atoms with van der Waals surface area (Å²) in [5, 5.41) is 0. The van der Waals surface area contributed by atoms with Crippen LogP contribution in [0, 0.1) is 5.82 Å². The van der Waals surface area contributed by atoms with Gasteiger partial charge in [0, 0.05) is 18.4 Å². The zero-order valence-corrected chi connectivity index (χ0v) is 12.8. The summed E-state index contributed by atoms with van der Waals surface area (Å²) >= 11 is 0. The Hall–Kier alpha value is -2.54. The second kappa shape index (κ2) is 7.15. The zero-order chi connectivity index (χ0) is 16.9. The van der Waals surface area contributed by atoms with Crippen LogP contribution < -0.4 is 4.72 Å². The lowest BCUT2D eigenvalue weighted by molar-refractivity contribution is -0.119. The molecule has 0 saturated carbocycles. The summed E-state index contributed by atoms with van der Waals surface area (Å²) in [5.74, 6) is -1.60. The molecule has 0 aliphatic heterocycles. The van der Waals surface area contributed by atoms with Crippen LogP contribution in [0.25, 0.3) is 0 Å². The first-order valence-corrected chi connectivity index (χ1v) is 8.26. The fraction of sp³-hybridized carbons (Fsp3) is 0.125. The van der Waals surface area contributed by atoms with Crippen molar-refractivity contribution in [2.45, 2.75) is 17.7 Å². The van der Waals surface area contributed by atoms with Gasteiger partial charge in [-0.1, -0.05) is 18.2 Å². The Morgan fingerprint density at radius 3 is 2.13 bits per heavy atom. The van der Waals surface area contributed by atoms with Gasteiger partial charge in [0.05, 0.1) is 4.90 Å². The quantitative estimate of drug-likeness (QED) is 0.822. The number of hydrogen-bond donors (Lipinski definition) is 1. The molecule has 7 heteroatoms. The molecule has 2 aromatic carbocycles. The molecule has 0 atom stereocenters. The van der Waals surface area contributed by atoms with Crippen LogP contribution >= 0.6 is 0 Å². The average Bonchev–Trinajstić information content (AvgIpc) is 2.54. The van der Waals surface area contributed by atoms with E-state index in [1.54, 1.807) is 6.07 Å². The fourth-order valence-electron chi connectivity index (χ4n) is 1.87. The van der Waals surface area contributed by atoms with Crippen molar-refractivity contribution in [2.24, 2.45) is 0 Å². The number of sulfonamides is 1. The Morgan fingerprint density at radius 2 is 1.52 bits per heavy atom. The molecule has 0 aliphatic rings. The van der Waals surface area contributed by atoms with Gasteiger partial charge in [0.25, 0.3) is 10.0 Å². The molecule has 23 heavy (non-hydrogen) atoms. The summed E-state index contributed by atoms with van der Waals surface area (Å²) in [5.41, 5.74) is 0.269. The van der Waals surface area contributed by atoms with E-state index in [2.05, 4.69) is 0 Å². The summed E-state index contributed by atoms with van der Waals surface area (Å²) in [4.78, 5) is 23.5. The number of Topliss-reactive ketones (excluding diaryl/α,β-unsaturated/α-hetero) is 1. The molecule has 0 spiro atoms. The van der Waals surface area contributed by atoms with Crippen LogP contribution in [0.4, 0.5) is 4.39 Å². The van der Waals surface area contributed by atoms with E-state index in [0.29, 0.717) is 0 Å². The molecule has 1 amide bonds. The molecule has 0 radical (unpaired) electrons. The molecule has 2 rings (SSSR count). The van der Waals surface area contributed by atoms with Crippen molar-refractivity contribution in [1.29, 1.82) is 0 Å². The van der Waals surface area contributed by atoms with E-state index in [4.69, 9.17) is 0 Å². The van der Waals surface area contributed by atoms with Crippen molar-refractivity contribution in [1.82, 2.24) is 4.72 Å². The number of rotatable bonds is 6. The monoisotopic (exact) mass is 335 g/mol. The first-order valence-electron chi connectivity index (χ1n) is 6.78. The minimum atomic E-state index is -3.94. The molecular formula is C16H14FNO4S. The number of carbonyl (C=O) groups is 2. The van der Waals surface area contributed by atoms with Crippen LogP contribution in [0.5, 0.6) is 0 Å². The maximum Gasteiger partial charge on any atom is 0.264 e. The van der Waals surface area contributed by atoms with Crippen LogP contribution in [-0.4, -0.2) is 20.1 Å². The van der Waals surface area contributed by atoms with E-state index in [0.717, 1.165) is 12.1 Å². The van der Waals surface area contributed by atoms with Gasteiger partial charge in [0.1, 0.15) is 5.82 Å². The summed E-state index contributed by atoms with van der Waals surface area (Å²) < 4.78 is 38.6. The first kappa shape index (κ1) is 16.8. The minimum absolute atomic E-state index is 0.0294. The smallest absolute Gasteiger partial charge is 0.264 e. The van der Waals surface area contributed by atoms with Crippen LogP contribution in [0.1, 0.15) is 23.2 Å². The van der Waals surface area contributed by atoms with E-state index in [-0.39, 0.29) is 29.1 Å². The van der Waals surface area contributed by atoms with Gasteiger partial charge in [-0.2, -0.15) is 0 Å². The lowest BCUT2D eigenvalue weighted by Crippen LogP contribution is -2.30. The summed E-state index contributed by atoms with van der Waals surface area (Å²) in [6.07, 6.45) is -0.440. The lowest BCUT2D eigenvalue weighted by Gasteiger charge is -2.06. The predicted octanol–water partition coefficient (Wildman–Crippen LogP) is 2.29. The number of amides is 1. The highest BCUT2D eigenvalue weighted by Gasteiger charge is 2.18. The van der Waals surface area contributed by atoms with E-state index >= 15 is 0 Å². The molecular weight excluding hydrogens is 321 g/mol. The normalized spacial score (nSPS) is 11.0. The number of benzene rings is 2. The standard InChI is InChI=1S/C16H14FNO4S/c17-13-8-6-12(7-9-13)15(19)10-11-16(20)18-23(21,22)14-4-2-1-3-5-14/h1-9H,10-11H2,(H,18,20). The van der Waals surface area contributed by atoms with Crippen molar-refractivity contribution in [2.75, 3.05) is 0 Å². The highest BCUT2D eigenvalue weighted by molar-refractivity contribution is 7.90. The lowest BCUT2D eigenvalue weighted by atomic mass is 10.1. The Balaban J connectivity index is 1.92. The maximum absolute atomic E-state index is 12.8. The van der Waals surface area contributed by atoms with Crippen LogP contribution in [0.3, 0.4) is 0 Å². The van der Waals surface area contributed by atoms with Gasteiger partial charge < -0.3 is 0 Å². The van der Waals surface area contributed by atoms with Gasteiger partial charge in [-0.25, -0.2) is 17.5 Å². The summed E-state index contributed by atoms with van der Waals surface area (Å²) in [7, 11) is -3.94. The van der Waals surface area contributed by atoms with Gasteiger partial charge in [0.2, 0.25) is 5.91 Å². The van der Waals surface area contributed by atoms with Crippen molar-refractivity contribution in [3.63, 3.8) is 0 Å². The van der Waals surface area contributed by atoms with Gasteiger partial charge in [-0.15, -0.1) is 0 Å². The summed E-state index contributed by atoms with van der Waals surface area (Å²) in [6, 6.07) is 12.4. The Morgan fingerprint density at radius 1 is 0.913 bits per heavy atom. The van der Waals surface area contributed by atoms with Crippen LogP contribution in [-0.2, 0) is 14.8 Å². The minimum Gasteiger partial charge on any atom is -0.294 e. The van der Waals surface area contributed by atoms with E-state index in [1.807, 2.05) is 4.72 Å². The largest absolute Gasteiger partial charge is 0.294 e. The van der Waals surface area contributed by atoms with E-state index in [1.165, 1.54) is 36.4 Å². The second-order valence-electron chi connectivity index (χ2n) is 4.77. The molecule has 0 unspecified atom stereocenters. The van der Waals surface area contributed by atoms with Gasteiger partial charge >= 0.3 is 0 Å². The molecule has 0 aromatic heterocycles. The molecule has 1 N–H and O–H groups in total. The number of ketones is 1. The highest BCUT2D eigenvalue weighted by Crippen LogP contribution is 2.10. The molecule has 5 nitrogen and oxygen atoms in total. The molecule has 0 aliphatic carbocycles. The molecule has 120 valence electrons. The molecule has 0 saturated heterocycles. The third kappa shape index (κ3) is 4.72. The van der Waals surface area contributed by atoms with Crippen LogP contribution in [0.15, 0.2) is 59.5 Å². The SMILES string of the molecule is O=C(CCC(=O)c1ccc(F)cc1)NS(=O)(=O)c1ccccc1. The average molecular weight is 335 g/mol. The molecule has 2 aromatic rings. The summed E-state index contributed by atoms with van der Waals surface area (Å²) in [6.45, 7) is 0. The number of carbonyl (C=O) groups excluding carboxylic acids is 2. The van der Waals surface area contributed by atoms with Gasteiger partial charge in [-0.05, 0) is 36.4 Å². The number of nitrogens with one attached hydrogen (secondary N) is 1. The zero-order valence-electron chi connectivity index (χ0n) is 12.0. The van der Waals surface area contributed by atoms with Crippen LogP contribution in [0.2, 0.25) is 0 Å². The van der Waals surface area contributed by atoms with Crippen molar-refractivity contribution in [3.05, 3.63) is 66.0 Å². The van der Waals surface area contributed by atoms with Crippen molar-refractivity contribution < 1.29 is 22.4 Å². The topological polar surface area (TPSA) is 80.3 Å². The third-order valence-electron chi connectivity index (χ3n) is 3.05. The Kier molecular flexibility index (Phi) is 5.23. The van der Waals surface area contributed by atoms with E-state index in [9.17, 15) is 22.4 Å². The molecule has 0 heterocycles. The number of hydrogen-bond acceptors (Lipinski definition) is 4. The number of halogens is 1. The van der Waals surface area contributed by atoms with E-state index < -0.39 is 21.7 Å². The maximum atomic E-state index is 12.8. The Labute approximate surface area is 133 Å². The third-order valence-corrected chi connectivity index (χ3v) is 4.44. The van der Waals surface area contributed by atoms with Gasteiger partial charge in [-0.3, -0.25) is 9.59 Å². The van der Waals surface area contributed by atoms with Crippen molar-refractivity contribution >= 4 is 21.7 Å². The fourth-order valence-corrected chi connectivity index (χ4v) is 2.90. The Bertz CT molecular complexity index is 802. The second-order valence-corrected chi connectivity index (χ2v) is 6.45.